The zero-order valence-corrected chi connectivity index (χ0v) is 6.21. The molecule has 3 nitrogen and oxygen atoms in total. The average Bonchev–Trinajstić information content (AvgIpc) is 1.67. The maximum Gasteiger partial charge on any atom is 0.195 e. The van der Waals surface area contributed by atoms with Crippen molar-refractivity contribution in [2.24, 2.45) is 0 Å². The van der Waals surface area contributed by atoms with Crippen LogP contribution in [-0.2, 0) is 16.4 Å². The molecule has 5 heteroatoms. The maximum absolute atomic E-state index is 10.2. The summed E-state index contributed by atoms with van der Waals surface area (Å²) in [5.41, 5.74) is 0. The van der Waals surface area contributed by atoms with Crippen LogP contribution in [0.2, 0.25) is 0 Å². The lowest BCUT2D eigenvalue weighted by Crippen LogP contribution is -2.18. The molecule has 0 aromatic heterocycles. The van der Waals surface area contributed by atoms with Gasteiger partial charge in [-0.05, 0) is 18.9 Å². The van der Waals surface area contributed by atoms with E-state index in [2.05, 4.69) is 17.1 Å². The number of rotatable bonds is 3. The van der Waals surface area contributed by atoms with Gasteiger partial charge in [0.05, 0.1) is 0 Å². The molecule has 48 valence electrons. The van der Waals surface area contributed by atoms with Crippen molar-refractivity contribution in [1.29, 1.82) is 0 Å². The standard InChI is InChI=1S/C3H8NO2PS/c1-4-2-3(5)7(6)8/h3-5H,2H2,1H3. The van der Waals surface area contributed by atoms with Gasteiger partial charge in [0.25, 0.3) is 0 Å². The average molecular weight is 153 g/mol. The van der Waals surface area contributed by atoms with Crippen LogP contribution in [0.1, 0.15) is 0 Å². The van der Waals surface area contributed by atoms with E-state index in [1.165, 1.54) is 0 Å². The van der Waals surface area contributed by atoms with E-state index in [1.54, 1.807) is 7.05 Å². The van der Waals surface area contributed by atoms with Gasteiger partial charge < -0.3 is 10.4 Å². The van der Waals surface area contributed by atoms with Crippen LogP contribution >= 0.6 is 6.58 Å². The van der Waals surface area contributed by atoms with E-state index in [-0.39, 0.29) is 0 Å². The second kappa shape index (κ2) is 4.15. The van der Waals surface area contributed by atoms with Crippen molar-refractivity contribution in [2.75, 3.05) is 13.6 Å². The minimum Gasteiger partial charge on any atom is -0.379 e. The summed E-state index contributed by atoms with van der Waals surface area (Å²) < 4.78 is 10.2. The fourth-order valence-corrected chi connectivity index (χ4v) is 0.812. The SMILES string of the molecule is CNCC(O)P(=O)=S. The number of aliphatic hydroxyl groups is 1. The Kier molecular flexibility index (Phi) is 4.28. The Morgan fingerprint density at radius 2 is 2.50 bits per heavy atom. The molecule has 0 spiro atoms. The highest BCUT2D eigenvalue weighted by Gasteiger charge is 2.01. The van der Waals surface area contributed by atoms with Gasteiger partial charge in [0.1, 0.15) is 5.85 Å². The van der Waals surface area contributed by atoms with E-state index in [0.29, 0.717) is 6.54 Å². The van der Waals surface area contributed by atoms with Gasteiger partial charge in [0.2, 0.25) is 0 Å². The second-order valence-electron chi connectivity index (χ2n) is 1.32. The van der Waals surface area contributed by atoms with Crippen molar-refractivity contribution in [3.05, 3.63) is 0 Å². The normalized spacial score (nSPS) is 15.5. The van der Waals surface area contributed by atoms with Crippen LogP contribution in [0, 0.1) is 0 Å². The van der Waals surface area contributed by atoms with Gasteiger partial charge in [0.15, 0.2) is 6.58 Å². The van der Waals surface area contributed by atoms with E-state index in [9.17, 15) is 4.57 Å². The number of nitrogens with one attached hydrogen (secondary N) is 1. The van der Waals surface area contributed by atoms with Gasteiger partial charge in [-0.2, -0.15) is 0 Å². The van der Waals surface area contributed by atoms with Crippen molar-refractivity contribution < 1.29 is 9.67 Å². The van der Waals surface area contributed by atoms with Gasteiger partial charge in [0, 0.05) is 6.54 Å². The van der Waals surface area contributed by atoms with Crippen LogP contribution in [-0.4, -0.2) is 24.5 Å². The van der Waals surface area contributed by atoms with Gasteiger partial charge in [-0.1, -0.05) is 0 Å². The lowest BCUT2D eigenvalue weighted by atomic mass is 10.7. The number of aliphatic hydroxyl groups excluding tert-OH is 1. The summed E-state index contributed by atoms with van der Waals surface area (Å²) in [6, 6.07) is 0. The topological polar surface area (TPSA) is 49.3 Å². The molecule has 0 saturated carbocycles. The van der Waals surface area contributed by atoms with E-state index in [4.69, 9.17) is 5.11 Å². The molecule has 2 N–H and O–H groups in total. The molecule has 0 aromatic rings. The molecular formula is C3H8NO2PS. The van der Waals surface area contributed by atoms with Crippen molar-refractivity contribution in [2.45, 2.75) is 5.85 Å². The van der Waals surface area contributed by atoms with Crippen LogP contribution in [0.4, 0.5) is 0 Å². The van der Waals surface area contributed by atoms with Crippen LogP contribution in [0.5, 0.6) is 0 Å². The first-order chi connectivity index (χ1) is 3.68. The predicted octanol–water partition coefficient (Wildman–Crippen LogP) is -0.187. The zero-order valence-electron chi connectivity index (χ0n) is 4.50. The number of hydrogen-bond acceptors (Lipinski definition) is 4. The van der Waals surface area contributed by atoms with Gasteiger partial charge in [-0.3, -0.25) is 4.57 Å². The quantitative estimate of drug-likeness (QED) is 0.552. The summed E-state index contributed by atoms with van der Waals surface area (Å²) in [5.74, 6) is -0.870. The lowest BCUT2D eigenvalue weighted by molar-refractivity contribution is 0.253. The molecular weight excluding hydrogens is 145 g/mol. The first kappa shape index (κ1) is 8.24. The third-order valence-electron chi connectivity index (χ3n) is 0.630. The van der Waals surface area contributed by atoms with E-state index < -0.39 is 12.4 Å². The Morgan fingerprint density at radius 1 is 2.00 bits per heavy atom. The molecule has 0 amide bonds. The Morgan fingerprint density at radius 3 is 2.62 bits per heavy atom. The molecule has 0 bridgehead atoms. The van der Waals surface area contributed by atoms with Crippen LogP contribution in [0.15, 0.2) is 0 Å². The monoisotopic (exact) mass is 153 g/mol. The van der Waals surface area contributed by atoms with E-state index in [1.807, 2.05) is 0 Å². The summed E-state index contributed by atoms with van der Waals surface area (Å²) >= 11 is 4.29. The molecule has 0 heterocycles. The number of likely N-dealkylation sites (N-methyl/N-ethyl adjacent to an activating group) is 1. The highest BCUT2D eigenvalue weighted by Crippen LogP contribution is 2.08. The molecule has 2 unspecified atom stereocenters. The van der Waals surface area contributed by atoms with Crippen molar-refractivity contribution >= 4 is 18.4 Å². The highest BCUT2D eigenvalue weighted by molar-refractivity contribution is 7.99. The molecule has 0 aliphatic carbocycles. The minimum atomic E-state index is -1.84. The smallest absolute Gasteiger partial charge is 0.195 e. The third kappa shape index (κ3) is 3.27. The van der Waals surface area contributed by atoms with E-state index in [0.717, 1.165) is 0 Å². The number of hydrogen-bond donors (Lipinski definition) is 2. The van der Waals surface area contributed by atoms with E-state index >= 15 is 0 Å². The van der Waals surface area contributed by atoms with Crippen LogP contribution in [0.25, 0.3) is 0 Å². The molecule has 0 aromatic carbocycles. The largest absolute Gasteiger partial charge is 0.379 e. The Hall–Kier alpha value is 0.240. The summed E-state index contributed by atoms with van der Waals surface area (Å²) in [6.45, 7) is -1.54. The summed E-state index contributed by atoms with van der Waals surface area (Å²) in [5, 5.41) is 11.3. The fourth-order valence-electron chi connectivity index (χ4n) is 0.257. The Bertz CT molecular complexity index is 116. The van der Waals surface area contributed by atoms with Crippen molar-refractivity contribution in [3.63, 3.8) is 0 Å². The van der Waals surface area contributed by atoms with Crippen molar-refractivity contribution in [3.8, 4) is 0 Å². The molecule has 0 rings (SSSR count). The van der Waals surface area contributed by atoms with Crippen molar-refractivity contribution in [1.82, 2.24) is 5.32 Å². The van der Waals surface area contributed by atoms with Crippen LogP contribution < -0.4 is 5.32 Å². The molecule has 2 atom stereocenters. The first-order valence-corrected chi connectivity index (χ1v) is 4.49. The summed E-state index contributed by atoms with van der Waals surface area (Å²) in [6.07, 6.45) is 0. The van der Waals surface area contributed by atoms with Gasteiger partial charge in [-0.25, -0.2) is 0 Å². The zero-order chi connectivity index (χ0) is 6.57. The highest BCUT2D eigenvalue weighted by atomic mass is 32.4. The minimum absolute atomic E-state index is 0.304. The summed E-state index contributed by atoms with van der Waals surface area (Å²) in [4.78, 5) is 0. The van der Waals surface area contributed by atoms with Gasteiger partial charge >= 0.3 is 0 Å². The Labute approximate surface area is 53.6 Å². The van der Waals surface area contributed by atoms with Gasteiger partial charge in [-0.15, -0.1) is 0 Å². The molecule has 0 aliphatic heterocycles. The lowest BCUT2D eigenvalue weighted by Gasteiger charge is -1.97. The van der Waals surface area contributed by atoms with Crippen LogP contribution in [0.3, 0.4) is 0 Å². The Balaban J connectivity index is 3.48. The summed E-state index contributed by atoms with van der Waals surface area (Å²) in [7, 11) is 1.66. The predicted molar refractivity (Wildman–Crippen MR) is 34.9 cm³/mol. The molecule has 0 saturated heterocycles. The molecule has 0 fully saturated rings. The first-order valence-electron chi connectivity index (χ1n) is 2.14. The fraction of sp³-hybridized carbons (Fsp3) is 1.00. The molecule has 0 radical (unpaired) electrons. The molecule has 8 heavy (non-hydrogen) atoms. The molecule has 0 aliphatic rings. The third-order valence-corrected chi connectivity index (χ3v) is 2.03. The maximum atomic E-state index is 10.2. The second-order valence-corrected chi connectivity index (χ2v) is 3.57.